The van der Waals surface area contributed by atoms with Crippen LogP contribution in [0.15, 0.2) is 11.4 Å². The monoisotopic (exact) mass is 249 g/mol. The van der Waals surface area contributed by atoms with E-state index < -0.39 is 0 Å². The molecule has 1 fully saturated rings. The zero-order chi connectivity index (χ0) is 11.9. The van der Waals surface area contributed by atoms with Gasteiger partial charge >= 0.3 is 0 Å². The van der Waals surface area contributed by atoms with E-state index in [1.165, 1.54) is 30.6 Å². The van der Waals surface area contributed by atoms with E-state index in [0.29, 0.717) is 13.2 Å². The van der Waals surface area contributed by atoms with Crippen molar-refractivity contribution in [3.8, 4) is 11.8 Å². The smallest absolute Gasteiger partial charge is 0.0822 e. The molecule has 0 atom stereocenters. The number of nitrogens with two attached hydrogens (primary N) is 1. The first-order chi connectivity index (χ1) is 8.40. The molecule has 1 heterocycles. The summed E-state index contributed by atoms with van der Waals surface area (Å²) in [4.78, 5) is 1.23. The maximum atomic E-state index is 5.79. The topological polar surface area (TPSA) is 35.2 Å². The lowest BCUT2D eigenvalue weighted by molar-refractivity contribution is 0.0905. The van der Waals surface area contributed by atoms with Crippen LogP contribution in [0, 0.1) is 17.8 Å². The van der Waals surface area contributed by atoms with Gasteiger partial charge in [-0.25, -0.2) is 0 Å². The number of hydrogen-bond donors (Lipinski definition) is 1. The Kier molecular flexibility index (Phi) is 5.06. The molecule has 0 bridgehead atoms. The SMILES string of the molecule is NCC#Cc1ccsc1COCC1CCCC1. The molecule has 0 unspecified atom stereocenters. The highest BCUT2D eigenvalue weighted by Crippen LogP contribution is 2.25. The minimum atomic E-state index is 0.415. The van der Waals surface area contributed by atoms with E-state index in [-0.39, 0.29) is 0 Å². The van der Waals surface area contributed by atoms with Crippen LogP contribution in [0.25, 0.3) is 0 Å². The third-order valence-corrected chi connectivity index (χ3v) is 4.03. The summed E-state index contributed by atoms with van der Waals surface area (Å²) in [6.07, 6.45) is 5.43. The maximum Gasteiger partial charge on any atom is 0.0822 e. The molecule has 0 saturated heterocycles. The summed E-state index contributed by atoms with van der Waals surface area (Å²) in [5.41, 5.74) is 6.45. The quantitative estimate of drug-likeness (QED) is 0.833. The van der Waals surface area contributed by atoms with Crippen LogP contribution >= 0.6 is 11.3 Å². The van der Waals surface area contributed by atoms with Crippen molar-refractivity contribution in [2.45, 2.75) is 32.3 Å². The van der Waals surface area contributed by atoms with Crippen molar-refractivity contribution in [1.82, 2.24) is 0 Å². The van der Waals surface area contributed by atoms with Gasteiger partial charge in [-0.3, -0.25) is 0 Å². The lowest BCUT2D eigenvalue weighted by atomic mass is 10.1. The zero-order valence-corrected chi connectivity index (χ0v) is 10.9. The predicted molar refractivity (Wildman–Crippen MR) is 71.9 cm³/mol. The Morgan fingerprint density at radius 1 is 1.41 bits per heavy atom. The van der Waals surface area contributed by atoms with E-state index in [2.05, 4.69) is 17.2 Å². The molecule has 1 aliphatic rings. The standard InChI is InChI=1S/C14H19NOS/c15-8-3-6-13-7-9-17-14(13)11-16-10-12-4-1-2-5-12/h7,9,12H,1-2,4-5,8,10-11,15H2. The van der Waals surface area contributed by atoms with Gasteiger partial charge in [0.1, 0.15) is 0 Å². The van der Waals surface area contributed by atoms with Gasteiger partial charge in [-0.05, 0) is 30.2 Å². The van der Waals surface area contributed by atoms with Crippen LogP contribution < -0.4 is 5.73 Å². The summed E-state index contributed by atoms with van der Waals surface area (Å²) in [5.74, 6) is 6.76. The van der Waals surface area contributed by atoms with Crippen LogP contribution in [0.2, 0.25) is 0 Å². The first-order valence-corrected chi connectivity index (χ1v) is 7.11. The fourth-order valence-electron chi connectivity index (χ4n) is 2.21. The maximum absolute atomic E-state index is 5.79. The van der Waals surface area contributed by atoms with Crippen LogP contribution in [-0.2, 0) is 11.3 Å². The molecular formula is C14H19NOS. The molecule has 0 radical (unpaired) electrons. The second-order valence-corrected chi connectivity index (χ2v) is 5.43. The van der Waals surface area contributed by atoms with Gasteiger partial charge in [0.25, 0.3) is 0 Å². The molecule has 2 N–H and O–H groups in total. The molecule has 92 valence electrons. The zero-order valence-electron chi connectivity index (χ0n) is 10.1. The molecule has 1 aromatic rings. The Morgan fingerprint density at radius 2 is 2.24 bits per heavy atom. The van der Waals surface area contributed by atoms with E-state index in [1.807, 2.05) is 6.07 Å². The Morgan fingerprint density at radius 3 is 3.00 bits per heavy atom. The Hall–Kier alpha value is -0.820. The van der Waals surface area contributed by atoms with Crippen molar-refractivity contribution < 1.29 is 4.74 Å². The van der Waals surface area contributed by atoms with Crippen molar-refractivity contribution >= 4 is 11.3 Å². The Labute approximate surface area is 107 Å². The van der Waals surface area contributed by atoms with E-state index in [1.54, 1.807) is 11.3 Å². The molecule has 2 rings (SSSR count). The van der Waals surface area contributed by atoms with Gasteiger partial charge in [0.15, 0.2) is 0 Å². The van der Waals surface area contributed by atoms with Gasteiger partial charge in [0.2, 0.25) is 0 Å². The molecule has 0 aromatic carbocycles. The van der Waals surface area contributed by atoms with Gasteiger partial charge < -0.3 is 10.5 Å². The average Bonchev–Trinajstić information content (AvgIpc) is 2.98. The highest BCUT2D eigenvalue weighted by Gasteiger charge is 2.15. The van der Waals surface area contributed by atoms with E-state index in [4.69, 9.17) is 10.5 Å². The molecule has 1 aliphatic carbocycles. The largest absolute Gasteiger partial charge is 0.376 e. The second-order valence-electron chi connectivity index (χ2n) is 4.43. The highest BCUT2D eigenvalue weighted by atomic mass is 32.1. The fraction of sp³-hybridized carbons (Fsp3) is 0.571. The molecular weight excluding hydrogens is 230 g/mol. The number of thiophene rings is 1. The van der Waals surface area contributed by atoms with Crippen molar-refractivity contribution in [2.75, 3.05) is 13.2 Å². The summed E-state index contributed by atoms with van der Waals surface area (Å²) >= 11 is 1.71. The normalized spacial score (nSPS) is 15.8. The predicted octanol–water partition coefficient (Wildman–Crippen LogP) is 2.77. The summed E-state index contributed by atoms with van der Waals surface area (Å²) in [5, 5.41) is 2.06. The van der Waals surface area contributed by atoms with Crippen molar-refractivity contribution in [1.29, 1.82) is 0 Å². The summed E-state index contributed by atoms with van der Waals surface area (Å²) in [7, 11) is 0. The first-order valence-electron chi connectivity index (χ1n) is 6.23. The van der Waals surface area contributed by atoms with Gasteiger partial charge in [0.05, 0.1) is 13.2 Å². The third kappa shape index (κ3) is 3.85. The van der Waals surface area contributed by atoms with Crippen LogP contribution in [0.4, 0.5) is 0 Å². The fourth-order valence-corrected chi connectivity index (χ4v) is 2.97. The van der Waals surface area contributed by atoms with Crippen molar-refractivity contribution in [3.05, 3.63) is 21.9 Å². The third-order valence-electron chi connectivity index (χ3n) is 3.13. The molecule has 1 saturated carbocycles. The minimum absolute atomic E-state index is 0.415. The van der Waals surface area contributed by atoms with Crippen molar-refractivity contribution in [2.24, 2.45) is 11.7 Å². The summed E-state index contributed by atoms with van der Waals surface area (Å²) in [6, 6.07) is 2.04. The summed E-state index contributed by atoms with van der Waals surface area (Å²) < 4.78 is 5.79. The molecule has 0 aliphatic heterocycles. The van der Waals surface area contributed by atoms with Crippen molar-refractivity contribution in [3.63, 3.8) is 0 Å². The highest BCUT2D eigenvalue weighted by molar-refractivity contribution is 7.10. The molecule has 0 amide bonds. The minimum Gasteiger partial charge on any atom is -0.376 e. The lowest BCUT2D eigenvalue weighted by Crippen LogP contribution is -2.05. The lowest BCUT2D eigenvalue weighted by Gasteiger charge is -2.09. The van der Waals surface area contributed by atoms with E-state index >= 15 is 0 Å². The second kappa shape index (κ2) is 6.80. The van der Waals surface area contributed by atoms with Crippen LogP contribution in [0.3, 0.4) is 0 Å². The van der Waals surface area contributed by atoms with Gasteiger partial charge in [0, 0.05) is 17.0 Å². The number of rotatable bonds is 4. The van der Waals surface area contributed by atoms with Gasteiger partial charge in [-0.1, -0.05) is 24.7 Å². The Bertz CT molecular complexity index is 396. The molecule has 3 heteroatoms. The molecule has 0 spiro atoms. The van der Waals surface area contributed by atoms with E-state index in [9.17, 15) is 0 Å². The van der Waals surface area contributed by atoms with Crippen LogP contribution in [-0.4, -0.2) is 13.2 Å². The van der Waals surface area contributed by atoms with Gasteiger partial charge in [-0.2, -0.15) is 0 Å². The molecule has 17 heavy (non-hydrogen) atoms. The van der Waals surface area contributed by atoms with Crippen LogP contribution in [0.1, 0.15) is 36.1 Å². The number of hydrogen-bond acceptors (Lipinski definition) is 3. The van der Waals surface area contributed by atoms with E-state index in [0.717, 1.165) is 18.1 Å². The molecule has 1 aromatic heterocycles. The Balaban J connectivity index is 1.79. The summed E-state index contributed by atoms with van der Waals surface area (Å²) in [6.45, 7) is 2.02. The first kappa shape index (κ1) is 12.6. The molecule has 2 nitrogen and oxygen atoms in total. The average molecular weight is 249 g/mol. The van der Waals surface area contributed by atoms with Gasteiger partial charge in [-0.15, -0.1) is 11.3 Å². The van der Waals surface area contributed by atoms with Crippen LogP contribution in [0.5, 0.6) is 0 Å². The number of ether oxygens (including phenoxy) is 1.